The van der Waals surface area contributed by atoms with Crippen LogP contribution in [0.2, 0.25) is 0 Å². The van der Waals surface area contributed by atoms with E-state index in [1.54, 1.807) is 0 Å². The first kappa shape index (κ1) is 28.4. The molecule has 0 N–H and O–H groups in total. The summed E-state index contributed by atoms with van der Waals surface area (Å²) >= 11 is 0. The van der Waals surface area contributed by atoms with E-state index in [0.29, 0.717) is 5.56 Å². The van der Waals surface area contributed by atoms with Crippen LogP contribution in [0, 0.1) is 18.3 Å². The first-order chi connectivity index (χ1) is 23.1. The summed E-state index contributed by atoms with van der Waals surface area (Å²) in [5, 5.41) is 10.9. The Balaban J connectivity index is 1.52. The van der Waals surface area contributed by atoms with Crippen molar-refractivity contribution in [3.05, 3.63) is 179 Å². The number of benzene rings is 6. The highest BCUT2D eigenvalue weighted by molar-refractivity contribution is 5.97. The van der Waals surface area contributed by atoms with Crippen molar-refractivity contribution in [1.29, 1.82) is 5.26 Å². The summed E-state index contributed by atoms with van der Waals surface area (Å²) in [7, 11) is 0. The Morgan fingerprint density at radius 2 is 1.34 bits per heavy atom. The zero-order valence-electron chi connectivity index (χ0n) is 26.3. The zero-order valence-corrected chi connectivity index (χ0v) is 26.3. The molecule has 7 aromatic rings. The topological polar surface area (TPSA) is 49.0 Å². The number of hydrogen-bond acceptors (Lipinski definition) is 3. The highest BCUT2D eigenvalue weighted by Crippen LogP contribution is 2.58. The third kappa shape index (κ3) is 4.42. The second-order valence-electron chi connectivity index (χ2n) is 12.1. The third-order valence-electron chi connectivity index (χ3n) is 9.47. The maximum absolute atomic E-state index is 9.85. The highest BCUT2D eigenvalue weighted by Gasteiger charge is 2.46. The molecule has 222 valence electrons. The molecule has 0 saturated carbocycles. The van der Waals surface area contributed by atoms with Gasteiger partial charge in [-0.1, -0.05) is 115 Å². The summed E-state index contributed by atoms with van der Waals surface area (Å²) in [4.78, 5) is 10.1. The number of aliphatic imine (C=N–C) groups is 1. The number of aryl methyl sites for hydroxylation is 1. The Kier molecular flexibility index (Phi) is 6.85. The van der Waals surface area contributed by atoms with Gasteiger partial charge in [0.1, 0.15) is 0 Å². The summed E-state index contributed by atoms with van der Waals surface area (Å²) in [5.41, 5.74) is 14.1. The van der Waals surface area contributed by atoms with E-state index in [-0.39, 0.29) is 0 Å². The van der Waals surface area contributed by atoms with E-state index in [9.17, 15) is 5.26 Å². The number of hydrogen-bond donors (Lipinski definition) is 0. The van der Waals surface area contributed by atoms with E-state index in [2.05, 4.69) is 140 Å². The van der Waals surface area contributed by atoms with Gasteiger partial charge in [-0.3, -0.25) is 4.99 Å². The first-order valence-electron chi connectivity index (χ1n) is 15.9. The van der Waals surface area contributed by atoms with E-state index < -0.39 is 5.41 Å². The van der Waals surface area contributed by atoms with Gasteiger partial charge >= 0.3 is 0 Å². The number of rotatable bonds is 5. The Morgan fingerprint density at radius 1 is 0.638 bits per heavy atom. The molecule has 8 rings (SSSR count). The molecule has 0 spiro atoms. The normalized spacial score (nSPS) is 13.0. The first-order valence-corrected chi connectivity index (χ1v) is 15.9. The fourth-order valence-corrected chi connectivity index (χ4v) is 7.41. The number of aromatic nitrogens is 1. The lowest BCUT2D eigenvalue weighted by Gasteiger charge is -2.34. The Bertz CT molecular complexity index is 2340. The van der Waals surface area contributed by atoms with E-state index in [1.807, 2.05) is 31.3 Å². The second-order valence-corrected chi connectivity index (χ2v) is 12.1. The molecule has 0 amide bonds. The third-order valence-corrected chi connectivity index (χ3v) is 9.47. The largest absolute Gasteiger partial charge is 0.259 e. The molecule has 0 aliphatic heterocycles. The van der Waals surface area contributed by atoms with Gasteiger partial charge in [0.2, 0.25) is 0 Å². The fourth-order valence-electron chi connectivity index (χ4n) is 7.41. The summed E-state index contributed by atoms with van der Waals surface area (Å²) in [6.45, 7) is 4.02. The molecule has 0 radical (unpaired) electrons. The molecule has 3 nitrogen and oxygen atoms in total. The van der Waals surface area contributed by atoms with Gasteiger partial charge in [-0.2, -0.15) is 5.26 Å². The van der Waals surface area contributed by atoms with E-state index in [1.165, 1.54) is 33.4 Å². The quantitative estimate of drug-likeness (QED) is 0.184. The molecular formula is C44H31N3. The van der Waals surface area contributed by atoms with Gasteiger partial charge in [0.05, 0.1) is 33.9 Å². The molecule has 1 aliphatic carbocycles. The predicted molar refractivity (Wildman–Crippen MR) is 193 cm³/mol. The van der Waals surface area contributed by atoms with Gasteiger partial charge in [0.25, 0.3) is 0 Å². The van der Waals surface area contributed by atoms with E-state index in [0.717, 1.165) is 44.5 Å². The minimum Gasteiger partial charge on any atom is -0.259 e. The summed E-state index contributed by atoms with van der Waals surface area (Å²) in [6, 6.07) is 53.8. The monoisotopic (exact) mass is 601 g/mol. The summed E-state index contributed by atoms with van der Waals surface area (Å²) in [6.07, 6.45) is 1.83. The van der Waals surface area contributed by atoms with Crippen LogP contribution < -0.4 is 0 Å². The molecule has 0 saturated heterocycles. The van der Waals surface area contributed by atoms with Gasteiger partial charge in [-0.05, 0) is 94.3 Å². The lowest BCUT2D eigenvalue weighted by Crippen LogP contribution is -2.28. The van der Waals surface area contributed by atoms with Crippen LogP contribution in [0.5, 0.6) is 0 Å². The van der Waals surface area contributed by atoms with Crippen LogP contribution in [0.1, 0.15) is 40.3 Å². The molecule has 47 heavy (non-hydrogen) atoms. The van der Waals surface area contributed by atoms with Crippen molar-refractivity contribution >= 4 is 22.8 Å². The molecule has 3 heteroatoms. The molecule has 0 bridgehead atoms. The maximum Gasteiger partial charge on any atom is 0.0991 e. The SMILES string of the molecule is CC=Nc1c(C)ccc2ccc(-c3cc4c(cc3-c3cccc(C#N)c3)-c3ccccc3C4(c3ccccc3)c3ccccc3)nc12. The molecular weight excluding hydrogens is 571 g/mol. The number of fused-ring (bicyclic) bond motifs is 4. The molecule has 0 atom stereocenters. The van der Waals surface area contributed by atoms with Gasteiger partial charge in [0.15, 0.2) is 0 Å². The van der Waals surface area contributed by atoms with Crippen LogP contribution in [0.25, 0.3) is 44.4 Å². The molecule has 0 fully saturated rings. The van der Waals surface area contributed by atoms with Crippen molar-refractivity contribution in [2.75, 3.05) is 0 Å². The minimum atomic E-state index is -0.540. The summed E-state index contributed by atoms with van der Waals surface area (Å²) < 4.78 is 0. The highest BCUT2D eigenvalue weighted by atomic mass is 14.8. The Labute approximate surface area is 275 Å². The average molecular weight is 602 g/mol. The van der Waals surface area contributed by atoms with Crippen LogP contribution in [0.3, 0.4) is 0 Å². The van der Waals surface area contributed by atoms with Crippen molar-refractivity contribution in [2.24, 2.45) is 4.99 Å². The van der Waals surface area contributed by atoms with Crippen molar-refractivity contribution in [2.45, 2.75) is 19.3 Å². The van der Waals surface area contributed by atoms with Crippen molar-refractivity contribution in [1.82, 2.24) is 4.98 Å². The molecule has 1 heterocycles. The Morgan fingerprint density at radius 3 is 2.06 bits per heavy atom. The predicted octanol–water partition coefficient (Wildman–Crippen LogP) is 10.8. The fraction of sp³-hybridized carbons (Fsp3) is 0.0682. The Hall–Kier alpha value is -6.11. The zero-order chi connectivity index (χ0) is 32.0. The van der Waals surface area contributed by atoms with E-state index >= 15 is 0 Å². The molecule has 1 aliphatic rings. The smallest absolute Gasteiger partial charge is 0.0991 e. The van der Waals surface area contributed by atoms with Gasteiger partial charge in [-0.25, -0.2) is 4.98 Å². The van der Waals surface area contributed by atoms with Crippen LogP contribution >= 0.6 is 0 Å². The average Bonchev–Trinajstić information content (AvgIpc) is 3.43. The van der Waals surface area contributed by atoms with Crippen LogP contribution in [0.15, 0.2) is 151 Å². The van der Waals surface area contributed by atoms with E-state index in [4.69, 9.17) is 9.98 Å². The standard InChI is InChI=1S/C44H31N3/c1-3-46-42-29(2)21-22-31-23-24-41(47-43(31)42)38-27-40-37(26-36(38)32-14-12-13-30(25-32)28-45)35-19-10-11-20-39(35)44(40,33-15-6-4-7-16-33)34-17-8-5-9-18-34/h3-27H,1-2H3. The number of nitriles is 1. The number of pyridine rings is 1. The van der Waals surface area contributed by atoms with Crippen LogP contribution in [0.4, 0.5) is 5.69 Å². The van der Waals surface area contributed by atoms with Gasteiger partial charge < -0.3 is 0 Å². The molecule has 6 aromatic carbocycles. The molecule has 1 aromatic heterocycles. The van der Waals surface area contributed by atoms with Gasteiger partial charge in [-0.15, -0.1) is 0 Å². The molecule has 0 unspecified atom stereocenters. The van der Waals surface area contributed by atoms with Crippen LogP contribution in [-0.4, -0.2) is 11.2 Å². The van der Waals surface area contributed by atoms with Crippen LogP contribution in [-0.2, 0) is 5.41 Å². The van der Waals surface area contributed by atoms with Crippen molar-refractivity contribution < 1.29 is 0 Å². The minimum absolute atomic E-state index is 0.540. The lowest BCUT2D eigenvalue weighted by molar-refractivity contribution is 0.769. The van der Waals surface area contributed by atoms with Crippen molar-refractivity contribution in [3.8, 4) is 39.6 Å². The summed E-state index contributed by atoms with van der Waals surface area (Å²) in [5.74, 6) is 0. The lowest BCUT2D eigenvalue weighted by atomic mass is 9.67. The second kappa shape index (κ2) is 11.4. The number of nitrogens with zero attached hydrogens (tertiary/aromatic N) is 3. The maximum atomic E-state index is 9.85. The van der Waals surface area contributed by atoms with Crippen molar-refractivity contribution in [3.63, 3.8) is 0 Å². The van der Waals surface area contributed by atoms with Gasteiger partial charge in [0, 0.05) is 17.2 Å².